The van der Waals surface area contributed by atoms with Crippen molar-refractivity contribution in [1.82, 2.24) is 0 Å². The van der Waals surface area contributed by atoms with Crippen LogP contribution in [0.2, 0.25) is 0 Å². The highest BCUT2D eigenvalue weighted by molar-refractivity contribution is 5.71. The van der Waals surface area contributed by atoms with E-state index in [0.29, 0.717) is 19.3 Å². The third-order valence-electron chi connectivity index (χ3n) is 13.8. The number of hydrogen-bond acceptors (Lipinski definition) is 6. The number of hydrogen-bond donors (Lipinski definition) is 0. The van der Waals surface area contributed by atoms with Gasteiger partial charge in [-0.1, -0.05) is 290 Å². The summed E-state index contributed by atoms with van der Waals surface area (Å²) in [5, 5.41) is 0. The van der Waals surface area contributed by atoms with Crippen molar-refractivity contribution in [3.05, 3.63) is 12.2 Å². The maximum Gasteiger partial charge on any atom is 0.306 e. The highest BCUT2D eigenvalue weighted by atomic mass is 16.6. The largest absolute Gasteiger partial charge is 0.462 e. The average Bonchev–Trinajstić information content (AvgIpc) is 3.33. The summed E-state index contributed by atoms with van der Waals surface area (Å²) in [7, 11) is 0. The molecule has 0 amide bonds. The summed E-state index contributed by atoms with van der Waals surface area (Å²) in [4.78, 5) is 37.6. The van der Waals surface area contributed by atoms with Crippen molar-refractivity contribution >= 4 is 17.9 Å². The lowest BCUT2D eigenvalue weighted by Crippen LogP contribution is -2.30. The molecule has 0 radical (unpaired) electrons. The molecule has 0 bridgehead atoms. The highest BCUT2D eigenvalue weighted by Crippen LogP contribution is 2.18. The van der Waals surface area contributed by atoms with Gasteiger partial charge in [0.05, 0.1) is 0 Å². The molecule has 0 spiro atoms. The third-order valence-corrected chi connectivity index (χ3v) is 13.8. The number of carbonyl (C=O) groups excluding carboxylic acids is 3. The minimum atomic E-state index is -0.759. The summed E-state index contributed by atoms with van der Waals surface area (Å²) in [6.07, 6.45) is 65.9. The van der Waals surface area contributed by atoms with E-state index < -0.39 is 6.10 Å². The molecule has 1 unspecified atom stereocenters. The van der Waals surface area contributed by atoms with Gasteiger partial charge in [0.1, 0.15) is 13.2 Å². The van der Waals surface area contributed by atoms with Crippen LogP contribution in [0.3, 0.4) is 0 Å². The molecule has 0 aliphatic carbocycles. The zero-order valence-electron chi connectivity index (χ0n) is 45.5. The number of rotatable bonds is 56. The fourth-order valence-electron chi connectivity index (χ4n) is 9.21. The van der Waals surface area contributed by atoms with Crippen LogP contribution in [0.1, 0.15) is 342 Å². The highest BCUT2D eigenvalue weighted by Gasteiger charge is 2.19. The Morgan fingerprint density at radius 1 is 0.284 bits per heavy atom. The van der Waals surface area contributed by atoms with Crippen molar-refractivity contribution in [2.45, 2.75) is 348 Å². The molecule has 0 aromatic heterocycles. The molecule has 0 aromatic carbocycles. The Labute approximate surface area is 418 Å². The second-order valence-corrected chi connectivity index (χ2v) is 20.6. The zero-order valence-corrected chi connectivity index (χ0v) is 45.5. The van der Waals surface area contributed by atoms with Crippen LogP contribution in [0, 0.1) is 0 Å². The van der Waals surface area contributed by atoms with Crippen molar-refractivity contribution in [2.75, 3.05) is 13.2 Å². The van der Waals surface area contributed by atoms with Crippen LogP contribution in [-0.2, 0) is 28.6 Å². The van der Waals surface area contributed by atoms with Gasteiger partial charge in [-0.2, -0.15) is 0 Å². The number of unbranched alkanes of at least 4 members (excludes halogenated alkanes) is 43. The minimum absolute atomic E-state index is 0.0647. The predicted molar refractivity (Wildman–Crippen MR) is 289 cm³/mol. The van der Waals surface area contributed by atoms with E-state index in [4.69, 9.17) is 14.2 Å². The Morgan fingerprint density at radius 3 is 0.746 bits per heavy atom. The summed E-state index contributed by atoms with van der Waals surface area (Å²) in [6.45, 7) is 6.59. The SMILES string of the molecule is CCCCCCCCCC/C=C\CCCCCCCCCCCCCCCCCCCCCCCCCC(=O)OCC(COC(=O)CCCCCCCC)OC(=O)CCCCCCCCCC. The zero-order chi connectivity index (χ0) is 48.6. The van der Waals surface area contributed by atoms with Gasteiger partial charge in [-0.05, 0) is 44.9 Å². The summed E-state index contributed by atoms with van der Waals surface area (Å²) < 4.78 is 16.7. The van der Waals surface area contributed by atoms with Gasteiger partial charge >= 0.3 is 17.9 Å². The van der Waals surface area contributed by atoms with E-state index in [1.165, 1.54) is 244 Å². The van der Waals surface area contributed by atoms with Gasteiger partial charge in [-0.25, -0.2) is 0 Å². The van der Waals surface area contributed by atoms with Crippen molar-refractivity contribution < 1.29 is 28.6 Å². The molecule has 0 N–H and O–H groups in total. The van der Waals surface area contributed by atoms with Crippen LogP contribution < -0.4 is 0 Å². The lowest BCUT2D eigenvalue weighted by atomic mass is 10.0. The first-order valence-corrected chi connectivity index (χ1v) is 30.2. The van der Waals surface area contributed by atoms with Crippen LogP contribution in [0.4, 0.5) is 0 Å². The van der Waals surface area contributed by atoms with E-state index in [-0.39, 0.29) is 31.1 Å². The molecule has 0 heterocycles. The van der Waals surface area contributed by atoms with E-state index in [1.54, 1.807) is 0 Å². The monoisotopic (exact) mass is 945 g/mol. The van der Waals surface area contributed by atoms with Gasteiger partial charge < -0.3 is 14.2 Å². The predicted octanol–water partition coefficient (Wildman–Crippen LogP) is 20.1. The number of carbonyl (C=O) groups is 3. The van der Waals surface area contributed by atoms with Crippen LogP contribution >= 0.6 is 0 Å². The fraction of sp³-hybridized carbons (Fsp3) is 0.918. The first-order valence-electron chi connectivity index (χ1n) is 30.2. The van der Waals surface area contributed by atoms with Crippen LogP contribution in [-0.4, -0.2) is 37.2 Å². The standard InChI is InChI=1S/C61H116O6/c1-4-7-10-13-16-18-19-20-21-22-23-24-25-26-27-28-29-30-31-32-33-34-35-36-37-38-39-40-41-42-43-44-46-48-51-54-60(63)66-57-58(56-65-59(62)53-50-47-15-12-9-6-3)67-61(64)55-52-49-45-17-14-11-8-5-2/h22-23,58H,4-21,24-57H2,1-3H3/b23-22-. The average molecular weight is 946 g/mol. The smallest absolute Gasteiger partial charge is 0.306 e. The number of allylic oxidation sites excluding steroid dienone is 2. The van der Waals surface area contributed by atoms with Gasteiger partial charge in [-0.15, -0.1) is 0 Å². The van der Waals surface area contributed by atoms with Crippen LogP contribution in [0.5, 0.6) is 0 Å². The van der Waals surface area contributed by atoms with E-state index in [0.717, 1.165) is 57.8 Å². The minimum Gasteiger partial charge on any atom is -0.462 e. The first-order chi connectivity index (χ1) is 33.0. The van der Waals surface area contributed by atoms with Gasteiger partial charge in [-0.3, -0.25) is 14.4 Å². The lowest BCUT2D eigenvalue weighted by Gasteiger charge is -2.18. The molecule has 0 fully saturated rings. The van der Waals surface area contributed by atoms with Crippen molar-refractivity contribution in [2.24, 2.45) is 0 Å². The summed E-state index contributed by atoms with van der Waals surface area (Å²) >= 11 is 0. The molecule has 396 valence electrons. The van der Waals surface area contributed by atoms with Crippen LogP contribution in [0.25, 0.3) is 0 Å². The summed E-state index contributed by atoms with van der Waals surface area (Å²) in [6, 6.07) is 0. The first kappa shape index (κ1) is 65.1. The summed E-state index contributed by atoms with van der Waals surface area (Å²) in [5.74, 6) is -0.862. The second-order valence-electron chi connectivity index (χ2n) is 20.6. The Balaban J connectivity index is 3.74. The molecule has 1 atom stereocenters. The topological polar surface area (TPSA) is 78.9 Å². The molecule has 0 aromatic rings. The molecular formula is C61H116O6. The normalized spacial score (nSPS) is 12.0. The molecule has 0 saturated heterocycles. The van der Waals surface area contributed by atoms with E-state index in [2.05, 4.69) is 32.9 Å². The maximum absolute atomic E-state index is 12.6. The van der Waals surface area contributed by atoms with Gasteiger partial charge in [0.25, 0.3) is 0 Å². The third kappa shape index (κ3) is 55.0. The Morgan fingerprint density at radius 2 is 0.493 bits per heavy atom. The number of ether oxygens (including phenoxy) is 3. The Kier molecular flexibility index (Phi) is 55.2. The molecule has 0 aliphatic rings. The molecule has 0 saturated carbocycles. The lowest BCUT2D eigenvalue weighted by molar-refractivity contribution is -0.167. The molecule has 6 heteroatoms. The van der Waals surface area contributed by atoms with Crippen molar-refractivity contribution in [3.8, 4) is 0 Å². The van der Waals surface area contributed by atoms with E-state index in [1.807, 2.05) is 0 Å². The van der Waals surface area contributed by atoms with E-state index >= 15 is 0 Å². The van der Waals surface area contributed by atoms with Crippen molar-refractivity contribution in [3.63, 3.8) is 0 Å². The quantitative estimate of drug-likeness (QED) is 0.0262. The molecule has 0 rings (SSSR count). The molecule has 6 nitrogen and oxygen atoms in total. The van der Waals surface area contributed by atoms with Crippen LogP contribution in [0.15, 0.2) is 12.2 Å². The van der Waals surface area contributed by atoms with Gasteiger partial charge in [0.15, 0.2) is 6.10 Å². The Bertz CT molecular complexity index is 1040. The van der Waals surface area contributed by atoms with Gasteiger partial charge in [0.2, 0.25) is 0 Å². The maximum atomic E-state index is 12.6. The van der Waals surface area contributed by atoms with Gasteiger partial charge in [0, 0.05) is 19.3 Å². The second kappa shape index (κ2) is 56.7. The fourth-order valence-corrected chi connectivity index (χ4v) is 9.21. The summed E-state index contributed by atoms with van der Waals surface area (Å²) in [5.41, 5.74) is 0. The molecular weight excluding hydrogens is 829 g/mol. The Hall–Kier alpha value is -1.85. The number of esters is 3. The van der Waals surface area contributed by atoms with E-state index in [9.17, 15) is 14.4 Å². The molecule has 67 heavy (non-hydrogen) atoms. The van der Waals surface area contributed by atoms with Crippen molar-refractivity contribution in [1.29, 1.82) is 0 Å². The molecule has 0 aliphatic heterocycles.